The third-order valence-corrected chi connectivity index (χ3v) is 6.08. The summed E-state index contributed by atoms with van der Waals surface area (Å²) in [5.41, 5.74) is 0.706. The van der Waals surface area contributed by atoms with Crippen LogP contribution in [0, 0.1) is 11.7 Å². The van der Waals surface area contributed by atoms with Crippen LogP contribution in [-0.4, -0.2) is 33.6 Å². The number of amides is 1. The van der Waals surface area contributed by atoms with E-state index >= 15 is 0 Å². The summed E-state index contributed by atoms with van der Waals surface area (Å²) >= 11 is 0. The molecule has 1 aliphatic heterocycles. The van der Waals surface area contributed by atoms with Gasteiger partial charge in [0.25, 0.3) is 0 Å². The van der Waals surface area contributed by atoms with E-state index in [0.717, 1.165) is 0 Å². The van der Waals surface area contributed by atoms with Crippen LogP contribution in [0.3, 0.4) is 0 Å². The fourth-order valence-electron chi connectivity index (χ4n) is 2.94. The highest BCUT2D eigenvalue weighted by molar-refractivity contribution is 7.89. The number of nitrogens with one attached hydrogen (secondary N) is 2. The van der Waals surface area contributed by atoms with Gasteiger partial charge in [-0.15, -0.1) is 0 Å². The Morgan fingerprint density at radius 2 is 1.73 bits per heavy atom. The van der Waals surface area contributed by atoms with E-state index in [-0.39, 0.29) is 23.2 Å². The molecule has 1 unspecified atom stereocenters. The summed E-state index contributed by atoms with van der Waals surface area (Å²) < 4.78 is 52.4. The summed E-state index contributed by atoms with van der Waals surface area (Å²) in [7, 11) is -3.98. The van der Waals surface area contributed by atoms with Gasteiger partial charge in [-0.3, -0.25) is 4.79 Å². The van der Waals surface area contributed by atoms with Crippen LogP contribution in [0.1, 0.15) is 25.8 Å². The summed E-state index contributed by atoms with van der Waals surface area (Å²) in [6.07, 6.45) is 0.707. The number of fused-ring (bicyclic) bond motifs is 1. The van der Waals surface area contributed by atoms with Crippen LogP contribution in [0.15, 0.2) is 47.4 Å². The van der Waals surface area contributed by atoms with Crippen molar-refractivity contribution in [3.05, 3.63) is 53.8 Å². The maximum absolute atomic E-state index is 13.0. The first-order chi connectivity index (χ1) is 14.3. The van der Waals surface area contributed by atoms with Crippen molar-refractivity contribution in [2.24, 2.45) is 5.92 Å². The quantitative estimate of drug-likeness (QED) is 0.696. The average molecular weight is 437 g/mol. The Morgan fingerprint density at radius 3 is 2.40 bits per heavy atom. The smallest absolute Gasteiger partial charge is 0.241 e. The van der Waals surface area contributed by atoms with Crippen LogP contribution in [0.4, 0.5) is 4.39 Å². The van der Waals surface area contributed by atoms with Gasteiger partial charge >= 0.3 is 0 Å². The van der Waals surface area contributed by atoms with Gasteiger partial charge in [-0.05, 0) is 35.7 Å². The molecule has 2 aromatic carbocycles. The topological polar surface area (TPSA) is 93.7 Å². The molecule has 0 saturated carbocycles. The number of rotatable bonds is 7. The molecule has 3 rings (SSSR count). The van der Waals surface area contributed by atoms with Gasteiger partial charge in [0.15, 0.2) is 11.5 Å². The molecule has 1 heterocycles. The molecule has 0 fully saturated rings. The molecule has 0 radical (unpaired) electrons. The van der Waals surface area contributed by atoms with Crippen LogP contribution < -0.4 is 19.5 Å². The molecule has 0 aromatic heterocycles. The molecule has 1 amide bonds. The lowest BCUT2D eigenvalue weighted by atomic mass is 10.0. The Bertz CT molecular complexity index is 993. The van der Waals surface area contributed by atoms with Gasteiger partial charge in [0, 0.05) is 19.0 Å². The van der Waals surface area contributed by atoms with Crippen molar-refractivity contribution < 1.29 is 27.1 Å². The van der Waals surface area contributed by atoms with Crippen LogP contribution in [0.5, 0.6) is 11.5 Å². The van der Waals surface area contributed by atoms with Crippen molar-refractivity contribution in [1.82, 2.24) is 10.0 Å². The minimum absolute atomic E-state index is 0.0104. The van der Waals surface area contributed by atoms with Crippen molar-refractivity contribution in [2.75, 3.05) is 13.2 Å². The van der Waals surface area contributed by atoms with Gasteiger partial charge in [0.2, 0.25) is 15.9 Å². The van der Waals surface area contributed by atoms with E-state index in [2.05, 4.69) is 10.0 Å². The number of carbonyl (C=O) groups excluding carboxylic acids is 1. The largest absolute Gasteiger partial charge is 0.490 e. The van der Waals surface area contributed by atoms with Crippen molar-refractivity contribution in [3.63, 3.8) is 0 Å². The van der Waals surface area contributed by atoms with Gasteiger partial charge < -0.3 is 14.8 Å². The van der Waals surface area contributed by atoms with Gasteiger partial charge in [-0.1, -0.05) is 26.0 Å². The Hall–Kier alpha value is -2.65. The van der Waals surface area contributed by atoms with E-state index < -0.39 is 22.0 Å². The van der Waals surface area contributed by atoms with E-state index in [1.807, 2.05) is 0 Å². The minimum Gasteiger partial charge on any atom is -0.490 e. The fraction of sp³-hybridized carbons (Fsp3) is 0.381. The first kappa shape index (κ1) is 22.0. The standard InChI is InChI=1S/C21H25FN2O5S/c1-14(2)20(21(25)23-13-15-4-6-16(22)7-5-15)24-30(26,27)17-8-9-18-19(12-17)29-11-3-10-28-18/h4-9,12,14,20,24H,3,10-11,13H2,1-2H3,(H,23,25). The molecule has 2 aromatic rings. The fourth-order valence-corrected chi connectivity index (χ4v) is 4.30. The summed E-state index contributed by atoms with van der Waals surface area (Å²) in [4.78, 5) is 12.6. The van der Waals surface area contributed by atoms with Crippen LogP contribution in [-0.2, 0) is 21.4 Å². The van der Waals surface area contributed by atoms with Crippen molar-refractivity contribution in [1.29, 1.82) is 0 Å². The normalized spacial score (nSPS) is 14.8. The number of hydrogen-bond donors (Lipinski definition) is 2. The molecule has 1 aliphatic rings. The zero-order valence-corrected chi connectivity index (χ0v) is 17.7. The molecule has 162 valence electrons. The number of halogens is 1. The number of hydrogen-bond acceptors (Lipinski definition) is 5. The van der Waals surface area contributed by atoms with Crippen molar-refractivity contribution in [3.8, 4) is 11.5 Å². The summed E-state index contributed by atoms with van der Waals surface area (Å²) in [5.74, 6) is -0.283. The zero-order valence-electron chi connectivity index (χ0n) is 16.9. The molecular formula is C21H25FN2O5S. The highest BCUT2D eigenvalue weighted by atomic mass is 32.2. The summed E-state index contributed by atoms with van der Waals surface area (Å²) in [6.45, 7) is 4.59. The monoisotopic (exact) mass is 436 g/mol. The van der Waals surface area contributed by atoms with Crippen LogP contribution in [0.25, 0.3) is 0 Å². The molecule has 0 saturated heterocycles. The molecule has 9 heteroatoms. The SMILES string of the molecule is CC(C)C(NS(=O)(=O)c1ccc2c(c1)OCCCO2)C(=O)NCc1ccc(F)cc1. The maximum Gasteiger partial charge on any atom is 0.241 e. The van der Waals surface area contributed by atoms with Crippen molar-refractivity contribution in [2.45, 2.75) is 37.8 Å². The zero-order chi connectivity index (χ0) is 21.7. The molecule has 0 spiro atoms. The number of carbonyl (C=O) groups is 1. The third-order valence-electron chi connectivity index (χ3n) is 4.64. The third kappa shape index (κ3) is 5.48. The number of ether oxygens (including phenoxy) is 2. The van der Waals surface area contributed by atoms with Gasteiger partial charge in [-0.2, -0.15) is 4.72 Å². The average Bonchev–Trinajstić information content (AvgIpc) is 2.96. The lowest BCUT2D eigenvalue weighted by molar-refractivity contribution is -0.123. The predicted octanol–water partition coefficient (Wildman–Crippen LogP) is 2.61. The predicted molar refractivity (Wildman–Crippen MR) is 109 cm³/mol. The van der Waals surface area contributed by atoms with Gasteiger partial charge in [0.05, 0.1) is 18.1 Å². The molecule has 0 aliphatic carbocycles. The van der Waals surface area contributed by atoms with E-state index in [4.69, 9.17) is 9.47 Å². The lowest BCUT2D eigenvalue weighted by Crippen LogP contribution is -2.49. The second kappa shape index (κ2) is 9.44. The first-order valence-corrected chi connectivity index (χ1v) is 11.2. The Labute approximate surface area is 175 Å². The molecule has 7 nitrogen and oxygen atoms in total. The molecule has 30 heavy (non-hydrogen) atoms. The second-order valence-corrected chi connectivity index (χ2v) is 9.06. The maximum atomic E-state index is 13.0. The minimum atomic E-state index is -3.98. The highest BCUT2D eigenvalue weighted by Gasteiger charge is 2.29. The second-order valence-electron chi connectivity index (χ2n) is 7.35. The van der Waals surface area contributed by atoms with E-state index in [9.17, 15) is 17.6 Å². The van der Waals surface area contributed by atoms with Crippen LogP contribution in [0.2, 0.25) is 0 Å². The summed E-state index contributed by atoms with van der Waals surface area (Å²) in [5, 5.41) is 2.70. The van der Waals surface area contributed by atoms with Gasteiger partial charge in [0.1, 0.15) is 11.9 Å². The van der Waals surface area contributed by atoms with Crippen LogP contribution >= 0.6 is 0 Å². The highest BCUT2D eigenvalue weighted by Crippen LogP contribution is 2.32. The summed E-state index contributed by atoms with van der Waals surface area (Å²) in [6, 6.07) is 9.10. The number of sulfonamides is 1. The molecule has 2 N–H and O–H groups in total. The molecular weight excluding hydrogens is 411 g/mol. The Balaban J connectivity index is 1.72. The Kier molecular flexibility index (Phi) is 6.94. The molecule has 1 atom stereocenters. The van der Waals surface area contributed by atoms with E-state index in [0.29, 0.717) is 36.7 Å². The van der Waals surface area contributed by atoms with Crippen molar-refractivity contribution >= 4 is 15.9 Å². The van der Waals surface area contributed by atoms with Gasteiger partial charge in [-0.25, -0.2) is 12.8 Å². The lowest BCUT2D eigenvalue weighted by Gasteiger charge is -2.22. The van der Waals surface area contributed by atoms with E-state index in [1.54, 1.807) is 32.0 Å². The number of benzene rings is 2. The van der Waals surface area contributed by atoms with E-state index in [1.165, 1.54) is 24.3 Å². The Morgan fingerprint density at radius 1 is 1.07 bits per heavy atom. The molecule has 0 bridgehead atoms. The first-order valence-electron chi connectivity index (χ1n) is 9.70.